The molecule has 0 saturated heterocycles. The number of nitrogens with one attached hydrogen (secondary N) is 1. The largest absolute Gasteiger partial charge is 0.314 e. The fourth-order valence-corrected chi connectivity index (χ4v) is 2.43. The van der Waals surface area contributed by atoms with Crippen molar-refractivity contribution in [3.05, 3.63) is 0 Å². The van der Waals surface area contributed by atoms with Gasteiger partial charge < -0.3 is 5.32 Å². The molecule has 0 aromatic carbocycles. The van der Waals surface area contributed by atoms with Crippen molar-refractivity contribution in [1.29, 1.82) is 0 Å². The Bertz CT molecular complexity index is 184. The van der Waals surface area contributed by atoms with Gasteiger partial charge in [-0.2, -0.15) is 0 Å². The first-order chi connectivity index (χ1) is 6.10. The minimum Gasteiger partial charge on any atom is -0.314 e. The van der Waals surface area contributed by atoms with Crippen LogP contribution in [0.2, 0.25) is 0 Å². The van der Waals surface area contributed by atoms with Crippen molar-refractivity contribution in [2.24, 2.45) is 17.3 Å². The first-order valence-electron chi connectivity index (χ1n) is 5.83. The molecule has 1 N–H and O–H groups in total. The second kappa shape index (κ2) is 3.27. The molecule has 2 aliphatic rings. The van der Waals surface area contributed by atoms with E-state index in [-0.39, 0.29) is 0 Å². The first-order valence-corrected chi connectivity index (χ1v) is 5.83. The molecule has 0 aromatic rings. The molecule has 76 valence electrons. The van der Waals surface area contributed by atoms with Crippen LogP contribution in [0.3, 0.4) is 0 Å². The highest BCUT2D eigenvalue weighted by molar-refractivity contribution is 5.02. The van der Waals surface area contributed by atoms with Crippen LogP contribution in [0.25, 0.3) is 0 Å². The molecule has 13 heavy (non-hydrogen) atoms. The lowest BCUT2D eigenvalue weighted by molar-refractivity contribution is 0.412. The maximum Gasteiger partial charge on any atom is 0.00104 e. The molecule has 1 nitrogen and oxygen atoms in total. The summed E-state index contributed by atoms with van der Waals surface area (Å²) in [5.74, 6) is 2.09. The summed E-state index contributed by atoms with van der Waals surface area (Å²) in [7, 11) is 0. The van der Waals surface area contributed by atoms with Gasteiger partial charge in [0.2, 0.25) is 0 Å². The second-order valence-corrected chi connectivity index (χ2v) is 5.77. The Hall–Kier alpha value is -0.0400. The van der Waals surface area contributed by atoms with Crippen LogP contribution in [0, 0.1) is 17.3 Å². The minimum atomic E-state index is 0.658. The summed E-state index contributed by atoms with van der Waals surface area (Å²) in [6.45, 7) is 8.21. The van der Waals surface area contributed by atoms with Crippen molar-refractivity contribution in [2.45, 2.75) is 52.5 Å². The zero-order valence-electron chi connectivity index (χ0n) is 9.27. The van der Waals surface area contributed by atoms with E-state index in [0.29, 0.717) is 6.04 Å². The Morgan fingerprint density at radius 3 is 2.62 bits per heavy atom. The summed E-state index contributed by atoms with van der Waals surface area (Å²) >= 11 is 0. The van der Waals surface area contributed by atoms with E-state index in [1.165, 1.54) is 32.2 Å². The van der Waals surface area contributed by atoms with Gasteiger partial charge in [-0.15, -0.1) is 0 Å². The van der Waals surface area contributed by atoms with Gasteiger partial charge in [0.1, 0.15) is 0 Å². The van der Waals surface area contributed by atoms with Crippen LogP contribution in [-0.2, 0) is 0 Å². The summed E-state index contributed by atoms with van der Waals surface area (Å²) in [5, 5.41) is 3.56. The maximum absolute atomic E-state index is 3.56. The summed E-state index contributed by atoms with van der Waals surface area (Å²) in [6, 6.07) is 0.658. The van der Waals surface area contributed by atoms with Gasteiger partial charge in [0, 0.05) is 6.04 Å². The SMILES string of the molecule is CC(C)NCC1CC1(C)CC1CC1. The lowest BCUT2D eigenvalue weighted by atomic mass is 9.98. The summed E-state index contributed by atoms with van der Waals surface area (Å²) in [5.41, 5.74) is 0.725. The van der Waals surface area contributed by atoms with E-state index >= 15 is 0 Å². The van der Waals surface area contributed by atoms with E-state index in [4.69, 9.17) is 0 Å². The van der Waals surface area contributed by atoms with E-state index < -0.39 is 0 Å². The standard InChI is InChI=1S/C12H23N/c1-9(2)13-8-11-7-12(11,3)6-10-4-5-10/h9-11,13H,4-8H2,1-3H3. The zero-order chi connectivity index (χ0) is 9.47. The van der Waals surface area contributed by atoms with Crippen LogP contribution in [0.15, 0.2) is 0 Å². The van der Waals surface area contributed by atoms with E-state index in [1.807, 2.05) is 0 Å². The van der Waals surface area contributed by atoms with Crippen LogP contribution >= 0.6 is 0 Å². The smallest absolute Gasteiger partial charge is 0.00104 e. The molecule has 2 unspecified atom stereocenters. The van der Waals surface area contributed by atoms with Crippen molar-refractivity contribution in [2.75, 3.05) is 6.54 Å². The molecule has 2 rings (SSSR count). The molecule has 0 aliphatic heterocycles. The van der Waals surface area contributed by atoms with Crippen molar-refractivity contribution in [1.82, 2.24) is 5.32 Å². The van der Waals surface area contributed by atoms with Crippen LogP contribution in [-0.4, -0.2) is 12.6 Å². The topological polar surface area (TPSA) is 12.0 Å². The lowest BCUT2D eigenvalue weighted by Crippen LogP contribution is -2.26. The van der Waals surface area contributed by atoms with Crippen molar-refractivity contribution < 1.29 is 0 Å². The van der Waals surface area contributed by atoms with Gasteiger partial charge in [0.25, 0.3) is 0 Å². The quantitative estimate of drug-likeness (QED) is 0.687. The molecule has 0 bridgehead atoms. The average molecular weight is 181 g/mol. The minimum absolute atomic E-state index is 0.658. The Labute approximate surface area is 82.3 Å². The highest BCUT2D eigenvalue weighted by atomic mass is 14.9. The van der Waals surface area contributed by atoms with Crippen molar-refractivity contribution in [3.63, 3.8) is 0 Å². The van der Waals surface area contributed by atoms with E-state index in [0.717, 1.165) is 17.3 Å². The third-order valence-corrected chi connectivity index (χ3v) is 3.76. The van der Waals surface area contributed by atoms with Crippen molar-refractivity contribution >= 4 is 0 Å². The lowest BCUT2D eigenvalue weighted by Gasteiger charge is -2.12. The third-order valence-electron chi connectivity index (χ3n) is 3.76. The summed E-state index contributed by atoms with van der Waals surface area (Å²) in [6.07, 6.45) is 6.01. The van der Waals surface area contributed by atoms with Crippen LogP contribution < -0.4 is 5.32 Å². The predicted molar refractivity (Wildman–Crippen MR) is 56.7 cm³/mol. The molecule has 2 saturated carbocycles. The molecule has 2 atom stereocenters. The van der Waals surface area contributed by atoms with E-state index in [9.17, 15) is 0 Å². The molecule has 0 spiro atoms. The highest BCUT2D eigenvalue weighted by Gasteiger charge is 2.51. The van der Waals surface area contributed by atoms with Crippen LogP contribution in [0.1, 0.15) is 46.5 Å². The molecule has 0 radical (unpaired) electrons. The van der Waals surface area contributed by atoms with Gasteiger partial charge in [-0.3, -0.25) is 0 Å². The van der Waals surface area contributed by atoms with Crippen LogP contribution in [0.4, 0.5) is 0 Å². The summed E-state index contributed by atoms with van der Waals surface area (Å²) < 4.78 is 0. The van der Waals surface area contributed by atoms with E-state index in [1.54, 1.807) is 0 Å². The monoisotopic (exact) mass is 181 g/mol. The molecular weight excluding hydrogens is 158 g/mol. The van der Waals surface area contributed by atoms with Gasteiger partial charge in [-0.05, 0) is 36.6 Å². The molecule has 0 aromatic heterocycles. The fourth-order valence-electron chi connectivity index (χ4n) is 2.43. The summed E-state index contributed by atoms with van der Waals surface area (Å²) in [4.78, 5) is 0. The highest BCUT2D eigenvalue weighted by Crippen LogP contribution is 2.59. The molecular formula is C12H23N. The fraction of sp³-hybridized carbons (Fsp3) is 1.00. The van der Waals surface area contributed by atoms with Gasteiger partial charge in [0.15, 0.2) is 0 Å². The number of hydrogen-bond donors (Lipinski definition) is 1. The van der Waals surface area contributed by atoms with Gasteiger partial charge >= 0.3 is 0 Å². The Balaban J connectivity index is 1.67. The number of rotatable bonds is 5. The van der Waals surface area contributed by atoms with Gasteiger partial charge in [-0.1, -0.05) is 33.6 Å². The molecule has 2 fully saturated rings. The first kappa shape index (κ1) is 9.51. The Kier molecular flexibility index (Phi) is 2.39. The third kappa shape index (κ3) is 2.46. The normalized spacial score (nSPS) is 38.3. The van der Waals surface area contributed by atoms with Gasteiger partial charge in [0.05, 0.1) is 0 Å². The zero-order valence-corrected chi connectivity index (χ0v) is 9.27. The molecule has 2 aliphatic carbocycles. The van der Waals surface area contributed by atoms with Crippen molar-refractivity contribution in [3.8, 4) is 0 Å². The molecule has 0 heterocycles. The second-order valence-electron chi connectivity index (χ2n) is 5.77. The Morgan fingerprint density at radius 1 is 1.38 bits per heavy atom. The number of hydrogen-bond acceptors (Lipinski definition) is 1. The molecule has 1 heteroatoms. The average Bonchev–Trinajstić information content (AvgIpc) is 2.89. The predicted octanol–water partition coefficient (Wildman–Crippen LogP) is 2.81. The van der Waals surface area contributed by atoms with Crippen LogP contribution in [0.5, 0.6) is 0 Å². The maximum atomic E-state index is 3.56. The molecule has 0 amide bonds. The van der Waals surface area contributed by atoms with E-state index in [2.05, 4.69) is 26.1 Å². The van der Waals surface area contributed by atoms with Gasteiger partial charge in [-0.25, -0.2) is 0 Å². The Morgan fingerprint density at radius 2 is 2.08 bits per heavy atom.